The Morgan fingerprint density at radius 2 is 2.08 bits per heavy atom. The number of nitrogen functional groups attached to an aromatic ring is 1. The number of ether oxygens (including phenoxy) is 2. The van der Waals surface area contributed by atoms with Crippen molar-refractivity contribution in [3.63, 3.8) is 0 Å². The van der Waals surface area contributed by atoms with Gasteiger partial charge in [0.05, 0.1) is 14.2 Å². The van der Waals surface area contributed by atoms with Gasteiger partial charge in [-0.2, -0.15) is 0 Å². The summed E-state index contributed by atoms with van der Waals surface area (Å²) in [5.41, 5.74) is 6.66. The predicted molar refractivity (Wildman–Crippen MR) is 87.3 cm³/mol. The molecule has 0 bridgehead atoms. The second-order valence-corrected chi connectivity index (χ2v) is 5.83. The first kappa shape index (κ1) is 16.1. The van der Waals surface area contributed by atoms with Crippen molar-refractivity contribution in [1.29, 1.82) is 0 Å². The molecule has 2 atom stereocenters. The smallest absolute Gasteiger partial charge is 0.215 e. The molecule has 2 aromatic rings. The summed E-state index contributed by atoms with van der Waals surface area (Å²) in [4.78, 5) is 12.2. The molecular weight excluding hydrogens is 312 g/mol. The summed E-state index contributed by atoms with van der Waals surface area (Å²) in [7, 11) is 3.22. The van der Waals surface area contributed by atoms with E-state index in [1.54, 1.807) is 14.2 Å². The van der Waals surface area contributed by atoms with Crippen LogP contribution in [0.2, 0.25) is 0 Å². The summed E-state index contributed by atoms with van der Waals surface area (Å²) in [5, 5.41) is 10.4. The van der Waals surface area contributed by atoms with Gasteiger partial charge in [-0.1, -0.05) is 6.07 Å². The largest absolute Gasteiger partial charge is 0.497 e. The van der Waals surface area contributed by atoms with E-state index in [-0.39, 0.29) is 23.6 Å². The first-order valence-corrected chi connectivity index (χ1v) is 7.69. The molecule has 0 unspecified atom stereocenters. The minimum Gasteiger partial charge on any atom is -0.497 e. The number of aromatic nitrogens is 2. The Morgan fingerprint density at radius 3 is 2.75 bits per heavy atom. The Bertz CT molecular complexity index is 731. The fourth-order valence-corrected chi connectivity index (χ4v) is 3.13. The lowest BCUT2D eigenvalue weighted by Crippen LogP contribution is -2.32. The van der Waals surface area contributed by atoms with Crippen molar-refractivity contribution in [2.45, 2.75) is 31.2 Å². The van der Waals surface area contributed by atoms with Crippen LogP contribution in [0.4, 0.5) is 11.6 Å². The van der Waals surface area contributed by atoms with Gasteiger partial charge in [0.2, 0.25) is 11.6 Å². The number of hydrogen-bond donors (Lipinski definition) is 2. The molecule has 0 aliphatic heterocycles. The third kappa shape index (κ3) is 3.27. The minimum absolute atomic E-state index is 0.0469. The van der Waals surface area contributed by atoms with E-state index in [0.717, 1.165) is 17.7 Å². The molecule has 8 heteroatoms. The number of benzene rings is 1. The third-order valence-corrected chi connectivity index (χ3v) is 4.25. The highest BCUT2D eigenvalue weighted by atomic mass is 16.6. The first-order chi connectivity index (χ1) is 11.6. The molecule has 1 aliphatic carbocycles. The summed E-state index contributed by atoms with van der Waals surface area (Å²) < 4.78 is 15.3. The van der Waals surface area contributed by atoms with Crippen LogP contribution in [0.25, 0.3) is 0 Å². The van der Waals surface area contributed by atoms with Crippen LogP contribution in [0.3, 0.4) is 0 Å². The highest BCUT2D eigenvalue weighted by molar-refractivity contribution is 5.81. The van der Waals surface area contributed by atoms with E-state index in [0.29, 0.717) is 24.4 Å². The topological polar surface area (TPSA) is 112 Å². The number of Topliss-reactive ketones (excluding diaryl/α,β-unsaturated/α-hetero) is 1. The number of hydrogen-bond acceptors (Lipinski definition) is 8. The van der Waals surface area contributed by atoms with E-state index in [1.165, 1.54) is 0 Å². The van der Waals surface area contributed by atoms with E-state index in [9.17, 15) is 4.79 Å². The molecule has 1 aliphatic rings. The number of nitrogens with two attached hydrogens (primary N) is 1. The summed E-state index contributed by atoms with van der Waals surface area (Å²) in [5.74, 6) is 2.22. The molecule has 24 heavy (non-hydrogen) atoms. The molecule has 3 rings (SSSR count). The number of anilines is 2. The fraction of sp³-hybridized carbons (Fsp3) is 0.438. The minimum atomic E-state index is -0.0859. The van der Waals surface area contributed by atoms with Crippen molar-refractivity contribution in [2.75, 3.05) is 25.3 Å². The molecule has 1 aromatic heterocycles. The fourth-order valence-electron chi connectivity index (χ4n) is 3.13. The van der Waals surface area contributed by atoms with Gasteiger partial charge in [-0.3, -0.25) is 4.79 Å². The van der Waals surface area contributed by atoms with Crippen LogP contribution in [0, 0.1) is 0 Å². The molecule has 128 valence electrons. The Labute approximate surface area is 139 Å². The van der Waals surface area contributed by atoms with Crippen molar-refractivity contribution >= 4 is 17.4 Å². The molecule has 3 N–H and O–H groups in total. The summed E-state index contributed by atoms with van der Waals surface area (Å²) in [6.45, 7) is 0. The van der Waals surface area contributed by atoms with Crippen molar-refractivity contribution in [3.05, 3.63) is 23.8 Å². The van der Waals surface area contributed by atoms with Crippen molar-refractivity contribution < 1.29 is 18.9 Å². The van der Waals surface area contributed by atoms with Crippen LogP contribution < -0.4 is 20.5 Å². The van der Waals surface area contributed by atoms with Gasteiger partial charge in [0.1, 0.15) is 17.3 Å². The summed E-state index contributed by atoms with van der Waals surface area (Å²) >= 11 is 0. The number of carbonyl (C=O) groups excluding carboxylic acids is 1. The van der Waals surface area contributed by atoms with Crippen molar-refractivity contribution in [1.82, 2.24) is 10.3 Å². The molecule has 1 saturated carbocycles. The molecule has 0 saturated heterocycles. The zero-order valence-corrected chi connectivity index (χ0v) is 13.6. The lowest BCUT2D eigenvalue weighted by atomic mass is 9.80. The number of carbonyl (C=O) groups is 1. The lowest BCUT2D eigenvalue weighted by molar-refractivity contribution is -0.120. The van der Waals surface area contributed by atoms with Crippen LogP contribution in [0.5, 0.6) is 11.5 Å². The average Bonchev–Trinajstić information content (AvgIpc) is 2.98. The van der Waals surface area contributed by atoms with Gasteiger partial charge in [0.25, 0.3) is 0 Å². The molecule has 0 radical (unpaired) electrons. The van der Waals surface area contributed by atoms with E-state index < -0.39 is 0 Å². The zero-order chi connectivity index (χ0) is 17.1. The van der Waals surface area contributed by atoms with Gasteiger partial charge in [-0.25, -0.2) is 4.63 Å². The quantitative estimate of drug-likeness (QED) is 0.854. The lowest BCUT2D eigenvalue weighted by Gasteiger charge is -2.30. The van der Waals surface area contributed by atoms with Crippen molar-refractivity contribution in [2.24, 2.45) is 0 Å². The predicted octanol–water partition coefficient (Wildman–Crippen LogP) is 1.99. The van der Waals surface area contributed by atoms with Gasteiger partial charge in [0.15, 0.2) is 0 Å². The second kappa shape index (κ2) is 6.77. The number of ketones is 1. The third-order valence-electron chi connectivity index (χ3n) is 4.25. The van der Waals surface area contributed by atoms with Crippen LogP contribution in [0.15, 0.2) is 22.8 Å². The van der Waals surface area contributed by atoms with Gasteiger partial charge in [-0.05, 0) is 34.3 Å². The first-order valence-electron chi connectivity index (χ1n) is 7.69. The maximum absolute atomic E-state index is 12.2. The van der Waals surface area contributed by atoms with Gasteiger partial charge < -0.3 is 20.5 Å². The Hall–Kier alpha value is -2.77. The zero-order valence-electron chi connectivity index (χ0n) is 13.6. The second-order valence-electron chi connectivity index (χ2n) is 5.83. The van der Waals surface area contributed by atoms with E-state index >= 15 is 0 Å². The number of rotatable bonds is 5. The highest BCUT2D eigenvalue weighted by Gasteiger charge is 2.31. The Morgan fingerprint density at radius 1 is 1.25 bits per heavy atom. The molecule has 8 nitrogen and oxygen atoms in total. The Balaban J connectivity index is 1.81. The highest BCUT2D eigenvalue weighted by Crippen LogP contribution is 2.38. The van der Waals surface area contributed by atoms with Gasteiger partial charge in [-0.15, -0.1) is 0 Å². The molecule has 1 aromatic carbocycles. The molecule has 1 heterocycles. The molecule has 1 fully saturated rings. The number of methoxy groups -OCH3 is 2. The van der Waals surface area contributed by atoms with E-state index in [4.69, 9.17) is 15.2 Å². The van der Waals surface area contributed by atoms with Crippen LogP contribution in [-0.2, 0) is 4.79 Å². The average molecular weight is 332 g/mol. The van der Waals surface area contributed by atoms with Crippen LogP contribution >= 0.6 is 0 Å². The monoisotopic (exact) mass is 332 g/mol. The molecule has 0 spiro atoms. The molecular formula is C16H20N4O4. The van der Waals surface area contributed by atoms with Crippen molar-refractivity contribution in [3.8, 4) is 11.5 Å². The normalized spacial score (nSPS) is 20.7. The summed E-state index contributed by atoms with van der Waals surface area (Å²) in [6.07, 6.45) is 1.65. The number of nitrogens with zero attached hydrogens (tertiary/aromatic N) is 2. The maximum atomic E-state index is 12.2. The van der Waals surface area contributed by atoms with Crippen LogP contribution in [0.1, 0.15) is 30.7 Å². The van der Waals surface area contributed by atoms with E-state index in [2.05, 4.69) is 20.3 Å². The Kier molecular flexibility index (Phi) is 4.54. The maximum Gasteiger partial charge on any atom is 0.215 e. The van der Waals surface area contributed by atoms with Gasteiger partial charge >= 0.3 is 0 Å². The van der Waals surface area contributed by atoms with E-state index in [1.807, 2.05) is 18.2 Å². The van der Waals surface area contributed by atoms with Crippen LogP contribution in [-0.4, -0.2) is 36.4 Å². The standard InChI is InChI=1S/C16H20N4O4/c1-22-12-3-4-13(14(8-12)23-2)9-5-10(7-11(21)6-9)18-16-15(17)19-24-20-16/h3-4,8-10H,5-7H2,1-2H3,(H2,17,19)(H,18,20)/t9-,10-/m1/s1. The van der Waals surface area contributed by atoms with Gasteiger partial charge in [0, 0.05) is 24.9 Å². The molecule has 0 amide bonds. The summed E-state index contributed by atoms with van der Waals surface area (Å²) in [6, 6.07) is 5.57. The SMILES string of the molecule is COc1ccc([C@H]2CC(=O)C[C@H](Nc3nonc3N)C2)c(OC)c1. The number of nitrogens with one attached hydrogen (secondary N) is 1.